The van der Waals surface area contributed by atoms with Crippen molar-refractivity contribution in [2.45, 2.75) is 6.92 Å². The number of amides is 2. The van der Waals surface area contributed by atoms with Crippen LogP contribution in [-0.4, -0.2) is 85.5 Å². The molecule has 1 rings (SSSR count). The molecule has 1 fully saturated rings. The molecule has 7 nitrogen and oxygen atoms in total. The lowest BCUT2D eigenvalue weighted by atomic mass is 10.3. The van der Waals surface area contributed by atoms with E-state index in [2.05, 4.69) is 5.32 Å². The Bertz CT molecular complexity index is 370. The summed E-state index contributed by atoms with van der Waals surface area (Å²) in [6, 6.07) is 0. The van der Waals surface area contributed by atoms with E-state index >= 15 is 0 Å². The average Bonchev–Trinajstić information content (AvgIpc) is 2.48. The number of nitrogens with one attached hydrogen (secondary N) is 1. The number of thioether (sulfide) groups is 1. The van der Waals surface area contributed by atoms with Crippen molar-refractivity contribution in [3.05, 3.63) is 0 Å². The van der Waals surface area contributed by atoms with Gasteiger partial charge in [-0.05, 0) is 6.92 Å². The van der Waals surface area contributed by atoms with Crippen LogP contribution in [0.1, 0.15) is 6.92 Å². The van der Waals surface area contributed by atoms with Gasteiger partial charge in [0, 0.05) is 33.2 Å². The van der Waals surface area contributed by atoms with Gasteiger partial charge in [-0.3, -0.25) is 19.3 Å². The monoisotopic (exact) mass is 317 g/mol. The standard InChI is InChI=1S/C13H23N3O4S/c1-3-20-13(19)10-21-9-12(18)16-6-4-15(5-7-16)8-11(17)14-2/h3-10H2,1-2H3,(H,14,17). The van der Waals surface area contributed by atoms with Crippen LogP contribution < -0.4 is 5.32 Å². The minimum atomic E-state index is -0.286. The predicted molar refractivity (Wildman–Crippen MR) is 81.0 cm³/mol. The number of nitrogens with zero attached hydrogens (tertiary/aromatic N) is 2. The topological polar surface area (TPSA) is 79.0 Å². The molecule has 8 heteroatoms. The van der Waals surface area contributed by atoms with Crippen LogP contribution >= 0.6 is 11.8 Å². The fraction of sp³-hybridized carbons (Fsp3) is 0.769. The Kier molecular flexibility index (Phi) is 8.14. The van der Waals surface area contributed by atoms with Crippen molar-refractivity contribution >= 4 is 29.5 Å². The number of rotatable bonds is 7. The van der Waals surface area contributed by atoms with Gasteiger partial charge < -0.3 is 15.0 Å². The Morgan fingerprint density at radius 3 is 2.38 bits per heavy atom. The fourth-order valence-corrected chi connectivity index (χ4v) is 2.66. The van der Waals surface area contributed by atoms with Crippen molar-refractivity contribution < 1.29 is 19.1 Å². The highest BCUT2D eigenvalue weighted by Gasteiger charge is 2.22. The zero-order valence-electron chi connectivity index (χ0n) is 12.6. The molecule has 0 aliphatic carbocycles. The summed E-state index contributed by atoms with van der Waals surface area (Å²) in [4.78, 5) is 38.2. The highest BCUT2D eigenvalue weighted by Crippen LogP contribution is 2.07. The van der Waals surface area contributed by atoms with E-state index in [1.165, 1.54) is 11.8 Å². The van der Waals surface area contributed by atoms with Crippen LogP contribution in [-0.2, 0) is 19.1 Å². The Morgan fingerprint density at radius 1 is 1.14 bits per heavy atom. The molecular weight excluding hydrogens is 294 g/mol. The van der Waals surface area contributed by atoms with Crippen LogP contribution in [0.15, 0.2) is 0 Å². The first-order valence-electron chi connectivity index (χ1n) is 7.01. The van der Waals surface area contributed by atoms with Crippen molar-refractivity contribution in [1.82, 2.24) is 15.1 Å². The lowest BCUT2D eigenvalue weighted by Crippen LogP contribution is -2.51. The van der Waals surface area contributed by atoms with Crippen molar-refractivity contribution in [3.63, 3.8) is 0 Å². The van der Waals surface area contributed by atoms with E-state index in [0.717, 1.165) is 0 Å². The highest BCUT2D eigenvalue weighted by molar-refractivity contribution is 8.00. The molecule has 0 aromatic heterocycles. The first-order chi connectivity index (χ1) is 10.1. The van der Waals surface area contributed by atoms with Gasteiger partial charge in [0.2, 0.25) is 11.8 Å². The van der Waals surface area contributed by atoms with Crippen molar-refractivity contribution in [2.75, 3.05) is 57.9 Å². The van der Waals surface area contributed by atoms with Gasteiger partial charge in [-0.25, -0.2) is 0 Å². The van der Waals surface area contributed by atoms with Gasteiger partial charge in [0.05, 0.1) is 24.7 Å². The number of carbonyl (C=O) groups excluding carboxylic acids is 3. The van der Waals surface area contributed by atoms with Gasteiger partial charge >= 0.3 is 5.97 Å². The SMILES string of the molecule is CCOC(=O)CSCC(=O)N1CCN(CC(=O)NC)CC1. The molecule has 0 saturated carbocycles. The molecule has 1 saturated heterocycles. The highest BCUT2D eigenvalue weighted by atomic mass is 32.2. The molecule has 120 valence electrons. The Balaban J connectivity index is 2.19. The maximum atomic E-state index is 12.0. The second kappa shape index (κ2) is 9.62. The number of hydrogen-bond acceptors (Lipinski definition) is 6. The normalized spacial score (nSPS) is 15.6. The Morgan fingerprint density at radius 2 is 1.81 bits per heavy atom. The maximum absolute atomic E-state index is 12.0. The summed E-state index contributed by atoms with van der Waals surface area (Å²) in [6.45, 7) is 5.12. The number of likely N-dealkylation sites (N-methyl/N-ethyl adjacent to an activating group) is 1. The van der Waals surface area contributed by atoms with E-state index in [-0.39, 0.29) is 29.3 Å². The summed E-state index contributed by atoms with van der Waals surface area (Å²) in [7, 11) is 1.61. The quantitative estimate of drug-likeness (QED) is 0.618. The number of ether oxygens (including phenoxy) is 1. The molecule has 0 unspecified atom stereocenters. The second-order valence-electron chi connectivity index (χ2n) is 4.63. The van der Waals surface area contributed by atoms with Gasteiger partial charge in [-0.15, -0.1) is 11.8 Å². The molecule has 0 spiro atoms. The van der Waals surface area contributed by atoms with E-state index < -0.39 is 0 Å². The predicted octanol–water partition coefficient (Wildman–Crippen LogP) is -0.827. The van der Waals surface area contributed by atoms with Crippen molar-refractivity contribution in [1.29, 1.82) is 0 Å². The van der Waals surface area contributed by atoms with Crippen molar-refractivity contribution in [2.24, 2.45) is 0 Å². The number of hydrogen-bond donors (Lipinski definition) is 1. The smallest absolute Gasteiger partial charge is 0.315 e. The third kappa shape index (κ3) is 6.81. The van der Waals surface area contributed by atoms with Crippen LogP contribution in [0.5, 0.6) is 0 Å². The van der Waals surface area contributed by atoms with Gasteiger partial charge in [-0.1, -0.05) is 0 Å². The number of carbonyl (C=O) groups is 3. The zero-order valence-corrected chi connectivity index (χ0v) is 13.4. The maximum Gasteiger partial charge on any atom is 0.315 e. The first-order valence-corrected chi connectivity index (χ1v) is 8.16. The van der Waals surface area contributed by atoms with E-state index in [9.17, 15) is 14.4 Å². The first kappa shape index (κ1) is 17.8. The number of esters is 1. The van der Waals surface area contributed by atoms with E-state index in [4.69, 9.17) is 4.74 Å². The Labute approximate surface area is 129 Å². The largest absolute Gasteiger partial charge is 0.465 e. The fourth-order valence-electron chi connectivity index (χ4n) is 1.95. The summed E-state index contributed by atoms with van der Waals surface area (Å²) in [5.74, 6) is 0.221. The van der Waals surface area contributed by atoms with Crippen LogP contribution in [0.4, 0.5) is 0 Å². The summed E-state index contributed by atoms with van der Waals surface area (Å²) >= 11 is 1.27. The molecule has 2 amide bonds. The molecular formula is C13H23N3O4S. The van der Waals surface area contributed by atoms with Crippen molar-refractivity contribution in [3.8, 4) is 0 Å². The lowest BCUT2D eigenvalue weighted by molar-refractivity contribution is -0.139. The molecule has 1 N–H and O–H groups in total. The molecule has 1 heterocycles. The van der Waals surface area contributed by atoms with Crippen LogP contribution in [0.2, 0.25) is 0 Å². The summed E-state index contributed by atoms with van der Waals surface area (Å²) in [5.41, 5.74) is 0. The molecule has 0 aromatic carbocycles. The van der Waals surface area contributed by atoms with Crippen LogP contribution in [0.3, 0.4) is 0 Å². The molecule has 0 bridgehead atoms. The van der Waals surface area contributed by atoms with Gasteiger partial charge in [0.1, 0.15) is 0 Å². The third-order valence-electron chi connectivity index (χ3n) is 3.12. The summed E-state index contributed by atoms with van der Waals surface area (Å²) in [6.07, 6.45) is 0. The molecule has 1 aliphatic heterocycles. The Hall–Kier alpha value is -1.28. The third-order valence-corrected chi connectivity index (χ3v) is 4.01. The van der Waals surface area contributed by atoms with E-state index in [0.29, 0.717) is 39.3 Å². The van der Waals surface area contributed by atoms with Gasteiger partial charge in [0.15, 0.2) is 0 Å². The lowest BCUT2D eigenvalue weighted by Gasteiger charge is -2.34. The zero-order chi connectivity index (χ0) is 15.7. The average molecular weight is 317 g/mol. The summed E-state index contributed by atoms with van der Waals surface area (Å²) < 4.78 is 4.80. The van der Waals surface area contributed by atoms with E-state index in [1.807, 2.05) is 4.90 Å². The molecule has 0 aromatic rings. The molecule has 21 heavy (non-hydrogen) atoms. The molecule has 0 radical (unpaired) electrons. The van der Waals surface area contributed by atoms with E-state index in [1.54, 1.807) is 18.9 Å². The van der Waals surface area contributed by atoms with Gasteiger partial charge in [0.25, 0.3) is 0 Å². The second-order valence-corrected chi connectivity index (χ2v) is 5.61. The minimum Gasteiger partial charge on any atom is -0.465 e. The minimum absolute atomic E-state index is 0.0141. The summed E-state index contributed by atoms with van der Waals surface area (Å²) in [5, 5.41) is 2.59. The van der Waals surface area contributed by atoms with Gasteiger partial charge in [-0.2, -0.15) is 0 Å². The molecule has 0 atom stereocenters. The van der Waals surface area contributed by atoms with Crippen LogP contribution in [0, 0.1) is 0 Å². The number of piperazine rings is 1. The molecule has 1 aliphatic rings. The van der Waals surface area contributed by atoms with Crippen LogP contribution in [0.25, 0.3) is 0 Å².